The summed E-state index contributed by atoms with van der Waals surface area (Å²) in [4.78, 5) is 15.6. The van der Waals surface area contributed by atoms with Gasteiger partial charge in [0.2, 0.25) is 0 Å². The number of para-hydroxylation sites is 1. The van der Waals surface area contributed by atoms with Gasteiger partial charge in [-0.05, 0) is 18.2 Å². The number of hydrogen-bond donors (Lipinski definition) is 2. The number of amides is 1. The molecule has 0 atom stereocenters. The first-order chi connectivity index (χ1) is 8.18. The highest BCUT2D eigenvalue weighted by Gasteiger charge is 2.11. The molecule has 17 heavy (non-hydrogen) atoms. The summed E-state index contributed by atoms with van der Waals surface area (Å²) in [6.45, 7) is 0. The first-order valence-electron chi connectivity index (χ1n) is 4.94. The van der Waals surface area contributed by atoms with E-state index in [9.17, 15) is 9.18 Å². The molecular formula is C12H10FN3O. The Kier molecular flexibility index (Phi) is 3.00. The van der Waals surface area contributed by atoms with Gasteiger partial charge < -0.3 is 11.1 Å². The van der Waals surface area contributed by atoms with Crippen LogP contribution in [0.5, 0.6) is 0 Å². The topological polar surface area (TPSA) is 68.0 Å². The van der Waals surface area contributed by atoms with Crippen molar-refractivity contribution in [1.82, 2.24) is 4.98 Å². The van der Waals surface area contributed by atoms with Gasteiger partial charge in [-0.1, -0.05) is 12.1 Å². The zero-order valence-corrected chi connectivity index (χ0v) is 8.85. The average Bonchev–Trinajstić information content (AvgIpc) is 2.32. The Morgan fingerprint density at radius 2 is 2.06 bits per heavy atom. The number of pyridine rings is 1. The molecule has 0 aliphatic heterocycles. The van der Waals surface area contributed by atoms with Gasteiger partial charge in [-0.15, -0.1) is 0 Å². The fourth-order valence-corrected chi connectivity index (χ4v) is 1.35. The molecule has 2 rings (SSSR count). The van der Waals surface area contributed by atoms with Gasteiger partial charge in [0.05, 0.1) is 11.3 Å². The number of nitrogen functional groups attached to an aromatic ring is 1. The maximum atomic E-state index is 13.3. The zero-order valence-electron chi connectivity index (χ0n) is 8.85. The fourth-order valence-electron chi connectivity index (χ4n) is 1.35. The summed E-state index contributed by atoms with van der Waals surface area (Å²) in [5.41, 5.74) is 6.25. The number of halogens is 1. The van der Waals surface area contributed by atoms with Crippen molar-refractivity contribution in [3.05, 3.63) is 54.1 Å². The number of benzene rings is 1. The second kappa shape index (κ2) is 4.61. The lowest BCUT2D eigenvalue weighted by Crippen LogP contribution is -2.15. The molecule has 0 saturated heterocycles. The Hall–Kier alpha value is -2.43. The molecule has 0 bridgehead atoms. The molecule has 5 heteroatoms. The van der Waals surface area contributed by atoms with Crippen LogP contribution in [0.4, 0.5) is 15.8 Å². The summed E-state index contributed by atoms with van der Waals surface area (Å²) in [6.07, 6.45) is 2.82. The van der Waals surface area contributed by atoms with Crippen LogP contribution in [0, 0.1) is 5.82 Å². The van der Waals surface area contributed by atoms with Crippen molar-refractivity contribution in [2.75, 3.05) is 11.1 Å². The molecule has 86 valence electrons. The number of nitrogens with zero attached hydrogens (tertiary/aromatic N) is 1. The van der Waals surface area contributed by atoms with Crippen molar-refractivity contribution < 1.29 is 9.18 Å². The first-order valence-corrected chi connectivity index (χ1v) is 4.94. The van der Waals surface area contributed by atoms with Crippen LogP contribution in [0.3, 0.4) is 0 Å². The quantitative estimate of drug-likeness (QED) is 0.831. The maximum absolute atomic E-state index is 13.3. The van der Waals surface area contributed by atoms with E-state index in [1.54, 1.807) is 12.1 Å². The molecule has 0 radical (unpaired) electrons. The predicted molar refractivity (Wildman–Crippen MR) is 63.0 cm³/mol. The van der Waals surface area contributed by atoms with Crippen molar-refractivity contribution in [1.29, 1.82) is 0 Å². The second-order valence-electron chi connectivity index (χ2n) is 3.40. The largest absolute Gasteiger partial charge is 0.398 e. The number of aromatic nitrogens is 1. The highest BCUT2D eigenvalue weighted by atomic mass is 19.1. The molecule has 2 aromatic rings. The average molecular weight is 231 g/mol. The van der Waals surface area contributed by atoms with Crippen LogP contribution >= 0.6 is 0 Å². The Morgan fingerprint density at radius 3 is 2.76 bits per heavy atom. The van der Waals surface area contributed by atoms with E-state index in [0.717, 1.165) is 0 Å². The molecular weight excluding hydrogens is 221 g/mol. The lowest BCUT2D eigenvalue weighted by atomic mass is 10.2. The fraction of sp³-hybridized carbons (Fsp3) is 0. The van der Waals surface area contributed by atoms with Crippen LogP contribution < -0.4 is 11.1 Å². The number of rotatable bonds is 2. The Balaban J connectivity index is 2.24. The van der Waals surface area contributed by atoms with Crippen LogP contribution in [0.25, 0.3) is 0 Å². The summed E-state index contributed by atoms with van der Waals surface area (Å²) in [5, 5.41) is 2.43. The van der Waals surface area contributed by atoms with Crippen molar-refractivity contribution in [2.45, 2.75) is 0 Å². The monoisotopic (exact) mass is 231 g/mol. The van der Waals surface area contributed by atoms with Crippen molar-refractivity contribution in [3.63, 3.8) is 0 Å². The van der Waals surface area contributed by atoms with Crippen LogP contribution in [0.1, 0.15) is 10.4 Å². The molecule has 1 aromatic carbocycles. The van der Waals surface area contributed by atoms with Crippen LogP contribution in [-0.2, 0) is 0 Å². The van der Waals surface area contributed by atoms with Gasteiger partial charge in [0, 0.05) is 18.1 Å². The molecule has 0 unspecified atom stereocenters. The third-order valence-electron chi connectivity index (χ3n) is 2.22. The van der Waals surface area contributed by atoms with E-state index in [2.05, 4.69) is 10.3 Å². The van der Waals surface area contributed by atoms with Gasteiger partial charge in [-0.2, -0.15) is 0 Å². The van der Waals surface area contributed by atoms with E-state index >= 15 is 0 Å². The maximum Gasteiger partial charge on any atom is 0.259 e. The zero-order chi connectivity index (χ0) is 12.3. The van der Waals surface area contributed by atoms with E-state index in [1.807, 2.05) is 0 Å². The predicted octanol–water partition coefficient (Wildman–Crippen LogP) is 2.06. The Labute approximate surface area is 97.3 Å². The molecule has 4 nitrogen and oxygen atoms in total. The summed E-state index contributed by atoms with van der Waals surface area (Å²) in [6, 6.07) is 7.42. The SMILES string of the molecule is Nc1ccncc1C(=O)Nc1ccccc1F. The third-order valence-corrected chi connectivity index (χ3v) is 2.22. The number of carbonyl (C=O) groups is 1. The normalized spacial score (nSPS) is 9.94. The van der Waals surface area contributed by atoms with Gasteiger partial charge in [0.25, 0.3) is 5.91 Å². The highest BCUT2D eigenvalue weighted by Crippen LogP contribution is 2.15. The Bertz CT molecular complexity index is 557. The number of nitrogens with one attached hydrogen (secondary N) is 1. The summed E-state index contributed by atoms with van der Waals surface area (Å²) >= 11 is 0. The minimum atomic E-state index is -0.497. The minimum Gasteiger partial charge on any atom is -0.398 e. The molecule has 0 saturated carbocycles. The van der Waals surface area contributed by atoms with E-state index in [-0.39, 0.29) is 11.3 Å². The second-order valence-corrected chi connectivity index (χ2v) is 3.40. The first kappa shape index (κ1) is 11.1. The Morgan fingerprint density at radius 1 is 1.29 bits per heavy atom. The van der Waals surface area contributed by atoms with Gasteiger partial charge >= 0.3 is 0 Å². The van der Waals surface area contributed by atoms with Gasteiger partial charge in [-0.25, -0.2) is 4.39 Å². The third kappa shape index (κ3) is 2.39. The number of nitrogens with two attached hydrogens (primary N) is 1. The van der Waals surface area contributed by atoms with Crippen molar-refractivity contribution >= 4 is 17.3 Å². The summed E-state index contributed by atoms with van der Waals surface area (Å²) in [7, 11) is 0. The standard InChI is InChI=1S/C12H10FN3O/c13-9-3-1-2-4-11(9)16-12(17)8-7-15-6-5-10(8)14/h1-7H,(H2,14,15)(H,16,17). The lowest BCUT2D eigenvalue weighted by molar-refractivity contribution is 0.102. The molecule has 0 aliphatic carbocycles. The van der Waals surface area contributed by atoms with E-state index in [0.29, 0.717) is 5.69 Å². The summed E-state index contributed by atoms with van der Waals surface area (Å²) < 4.78 is 13.3. The molecule has 0 fully saturated rings. The smallest absolute Gasteiger partial charge is 0.259 e. The van der Waals surface area contributed by atoms with Gasteiger partial charge in [0.1, 0.15) is 5.82 Å². The highest BCUT2D eigenvalue weighted by molar-refractivity contribution is 6.07. The molecule has 1 heterocycles. The van der Waals surface area contributed by atoms with Crippen LogP contribution in [0.2, 0.25) is 0 Å². The number of hydrogen-bond acceptors (Lipinski definition) is 3. The molecule has 1 amide bonds. The van der Waals surface area contributed by atoms with Gasteiger partial charge in [0.15, 0.2) is 0 Å². The molecule has 0 spiro atoms. The summed E-state index contributed by atoms with van der Waals surface area (Å²) in [5.74, 6) is -0.982. The minimum absolute atomic E-state index is 0.112. The van der Waals surface area contributed by atoms with E-state index in [1.165, 1.54) is 30.6 Å². The lowest BCUT2D eigenvalue weighted by Gasteiger charge is -2.07. The molecule has 0 aliphatic rings. The van der Waals surface area contributed by atoms with Crippen LogP contribution in [0.15, 0.2) is 42.7 Å². The van der Waals surface area contributed by atoms with Crippen molar-refractivity contribution in [2.24, 2.45) is 0 Å². The van der Waals surface area contributed by atoms with Gasteiger partial charge in [-0.3, -0.25) is 9.78 Å². The van der Waals surface area contributed by atoms with E-state index < -0.39 is 11.7 Å². The molecule has 3 N–H and O–H groups in total. The number of carbonyl (C=O) groups excluding carboxylic acids is 1. The number of anilines is 2. The molecule has 1 aromatic heterocycles. The van der Waals surface area contributed by atoms with Crippen molar-refractivity contribution in [3.8, 4) is 0 Å². The van der Waals surface area contributed by atoms with E-state index in [4.69, 9.17) is 5.73 Å². The van der Waals surface area contributed by atoms with Crippen LogP contribution in [-0.4, -0.2) is 10.9 Å².